The van der Waals surface area contributed by atoms with Gasteiger partial charge in [0, 0.05) is 11.4 Å². The lowest BCUT2D eigenvalue weighted by Gasteiger charge is -2.13. The molecule has 0 aromatic heterocycles. The van der Waals surface area contributed by atoms with Crippen molar-refractivity contribution in [2.75, 3.05) is 13.2 Å². The Morgan fingerprint density at radius 2 is 1.78 bits per heavy atom. The highest BCUT2D eigenvalue weighted by atomic mass is 35.5. The van der Waals surface area contributed by atoms with Crippen LogP contribution in [0.15, 0.2) is 63.7 Å². The number of nitrogens with zero attached hydrogens (tertiary/aromatic N) is 1. The van der Waals surface area contributed by atoms with Gasteiger partial charge in [0.2, 0.25) is 5.91 Å². The second-order valence-corrected chi connectivity index (χ2v) is 9.14. The zero-order valence-electron chi connectivity index (χ0n) is 20.4. The summed E-state index contributed by atoms with van der Waals surface area (Å²) in [6.45, 7) is 6.30. The van der Waals surface area contributed by atoms with E-state index in [1.165, 1.54) is 0 Å². The van der Waals surface area contributed by atoms with Crippen LogP contribution in [0.1, 0.15) is 44.7 Å². The van der Waals surface area contributed by atoms with Crippen LogP contribution in [0, 0.1) is 0 Å². The Hall–Kier alpha value is -3.23. The van der Waals surface area contributed by atoms with Crippen LogP contribution >= 0.6 is 23.4 Å². The largest absolute Gasteiger partial charge is 0.506 e. The molecule has 7 nitrogen and oxygen atoms in total. The molecule has 1 amide bonds. The Kier molecular flexibility index (Phi) is 10.0. The molecular weight excluding hydrogens is 502 g/mol. The van der Waals surface area contributed by atoms with E-state index in [4.69, 9.17) is 25.8 Å². The van der Waals surface area contributed by atoms with Gasteiger partial charge in [-0.25, -0.2) is 9.79 Å². The number of aliphatic imine (C=N–C) groups is 1. The van der Waals surface area contributed by atoms with Crippen molar-refractivity contribution in [3.8, 4) is 11.5 Å². The molecule has 0 fully saturated rings. The molecule has 1 heterocycles. The van der Waals surface area contributed by atoms with Crippen LogP contribution in [0.25, 0.3) is 6.08 Å². The molecular formula is C27H28ClNO6S. The van der Waals surface area contributed by atoms with Crippen molar-refractivity contribution in [2.24, 2.45) is 4.99 Å². The minimum absolute atomic E-state index is 0.106. The van der Waals surface area contributed by atoms with E-state index >= 15 is 0 Å². The lowest BCUT2D eigenvalue weighted by molar-refractivity contribution is -0.138. The molecule has 0 aliphatic carbocycles. The van der Waals surface area contributed by atoms with E-state index in [2.05, 4.69) is 4.99 Å². The van der Waals surface area contributed by atoms with E-state index in [1.807, 2.05) is 32.0 Å². The van der Waals surface area contributed by atoms with Crippen LogP contribution in [0.3, 0.4) is 0 Å². The van der Waals surface area contributed by atoms with Gasteiger partial charge in [-0.1, -0.05) is 48.5 Å². The van der Waals surface area contributed by atoms with Crippen LogP contribution in [0.4, 0.5) is 0 Å². The number of hydrogen-bond donors (Lipinski definition) is 1. The summed E-state index contributed by atoms with van der Waals surface area (Å²) in [5, 5.41) is 11.6. The summed E-state index contributed by atoms with van der Waals surface area (Å²) in [6.07, 6.45) is 2.56. The Balaban J connectivity index is 1.89. The minimum atomic E-state index is -0.727. The minimum Gasteiger partial charge on any atom is -0.506 e. The van der Waals surface area contributed by atoms with Crippen molar-refractivity contribution in [3.05, 3.63) is 74.9 Å². The molecule has 1 aliphatic rings. The average Bonchev–Trinajstić information content (AvgIpc) is 3.14. The van der Waals surface area contributed by atoms with Gasteiger partial charge in [-0.05, 0) is 61.7 Å². The first-order valence-electron chi connectivity index (χ1n) is 11.6. The predicted molar refractivity (Wildman–Crippen MR) is 143 cm³/mol. The number of hydrogen-bond acceptors (Lipinski definition) is 7. The van der Waals surface area contributed by atoms with Crippen LogP contribution in [0.2, 0.25) is 5.02 Å². The predicted octanol–water partition coefficient (Wildman–Crippen LogP) is 6.51. The van der Waals surface area contributed by atoms with Crippen LogP contribution in [0.5, 0.6) is 11.5 Å². The maximum Gasteiger partial charge on any atom is 0.344 e. The molecule has 36 heavy (non-hydrogen) atoms. The van der Waals surface area contributed by atoms with Gasteiger partial charge in [-0.3, -0.25) is 4.79 Å². The number of esters is 1. The maximum absolute atomic E-state index is 12.5. The molecule has 1 N–H and O–H groups in total. The molecule has 9 heteroatoms. The van der Waals surface area contributed by atoms with E-state index in [-0.39, 0.29) is 35.3 Å². The smallest absolute Gasteiger partial charge is 0.344 e. The fourth-order valence-electron chi connectivity index (χ4n) is 3.27. The molecule has 1 aliphatic heterocycles. The number of thioether (sulfide) groups is 1. The molecule has 3 rings (SSSR count). The summed E-state index contributed by atoms with van der Waals surface area (Å²) < 4.78 is 16.8. The summed E-state index contributed by atoms with van der Waals surface area (Å²) in [7, 11) is 0. The molecule has 2 aromatic rings. The molecule has 0 unspecified atom stereocenters. The third-order valence-corrected chi connectivity index (χ3v) is 6.21. The van der Waals surface area contributed by atoms with Gasteiger partial charge < -0.3 is 19.3 Å². The lowest BCUT2D eigenvalue weighted by atomic mass is 10.1. The number of aliphatic hydroxyl groups is 1. The normalized spacial score (nSPS) is 15.4. The lowest BCUT2D eigenvalue weighted by Crippen LogP contribution is -2.14. The van der Waals surface area contributed by atoms with E-state index in [9.17, 15) is 14.7 Å². The number of halogens is 1. The highest BCUT2D eigenvalue weighted by Gasteiger charge is 2.33. The molecule has 0 atom stereocenters. The molecule has 190 valence electrons. The Labute approximate surface area is 219 Å². The quantitative estimate of drug-likeness (QED) is 0.351. The second kappa shape index (κ2) is 13.2. The number of rotatable bonds is 10. The third kappa shape index (κ3) is 7.15. The summed E-state index contributed by atoms with van der Waals surface area (Å²) in [5.41, 5.74) is 1.56. The van der Waals surface area contributed by atoms with Crippen LogP contribution < -0.4 is 9.47 Å². The van der Waals surface area contributed by atoms with Crippen LogP contribution in [-0.4, -0.2) is 35.2 Å². The average molecular weight is 530 g/mol. The van der Waals surface area contributed by atoms with E-state index < -0.39 is 5.97 Å². The SMILES string of the molecule is CCCC(=O)N=C1S/C(=C\c2ccc(OCc3ccc(Cl)cc3)c(OCC)c2)C(O)=C1C(=O)OCC. The summed E-state index contributed by atoms with van der Waals surface area (Å²) in [6, 6.07) is 12.7. The fourth-order valence-corrected chi connectivity index (χ4v) is 4.43. The van der Waals surface area contributed by atoms with Crippen molar-refractivity contribution in [2.45, 2.75) is 40.2 Å². The molecule has 2 aromatic carbocycles. The number of carbonyl (C=O) groups excluding carboxylic acids is 2. The second-order valence-electron chi connectivity index (χ2n) is 7.67. The van der Waals surface area contributed by atoms with E-state index in [1.54, 1.807) is 37.3 Å². The van der Waals surface area contributed by atoms with Crippen molar-refractivity contribution in [1.29, 1.82) is 0 Å². The standard InChI is InChI=1S/C27H28ClNO6S/c1-4-7-23(30)29-26-24(27(32)34-6-3)25(31)22(36-26)15-18-10-13-20(21(14-18)33-5-2)35-16-17-8-11-19(28)12-9-17/h8-15,31H,4-7,16H2,1-3H3/b22-15-,29-26?. The van der Waals surface area contributed by atoms with E-state index in [0.717, 1.165) is 17.3 Å². The van der Waals surface area contributed by atoms with Gasteiger partial charge in [0.05, 0.1) is 18.1 Å². The number of aliphatic hydroxyl groups excluding tert-OH is 1. The number of carbonyl (C=O) groups is 2. The van der Waals surface area contributed by atoms with Crippen molar-refractivity contribution in [1.82, 2.24) is 0 Å². The maximum atomic E-state index is 12.5. The summed E-state index contributed by atoms with van der Waals surface area (Å²) in [4.78, 5) is 29.0. The molecule has 0 spiro atoms. The van der Waals surface area contributed by atoms with Crippen molar-refractivity contribution in [3.63, 3.8) is 0 Å². The molecule has 0 radical (unpaired) electrons. The first-order valence-corrected chi connectivity index (χ1v) is 12.8. The number of benzene rings is 2. The van der Waals surface area contributed by atoms with Gasteiger partial charge >= 0.3 is 5.97 Å². The fraction of sp³-hybridized carbons (Fsp3) is 0.296. The van der Waals surface area contributed by atoms with Gasteiger partial charge in [-0.15, -0.1) is 0 Å². The first kappa shape index (κ1) is 27.4. The van der Waals surface area contributed by atoms with Crippen LogP contribution in [-0.2, 0) is 20.9 Å². The Morgan fingerprint density at radius 1 is 1.03 bits per heavy atom. The Bertz CT molecular complexity index is 1200. The van der Waals surface area contributed by atoms with E-state index in [0.29, 0.717) is 46.6 Å². The topological polar surface area (TPSA) is 94.4 Å². The number of amides is 1. The van der Waals surface area contributed by atoms with Gasteiger partial charge in [0.25, 0.3) is 0 Å². The third-order valence-electron chi connectivity index (χ3n) is 4.93. The monoisotopic (exact) mass is 529 g/mol. The van der Waals surface area contributed by atoms with Gasteiger partial charge in [0.15, 0.2) is 11.5 Å². The first-order chi connectivity index (χ1) is 17.4. The molecule has 0 saturated carbocycles. The molecule has 0 saturated heterocycles. The number of ether oxygens (including phenoxy) is 3. The van der Waals surface area contributed by atoms with Crippen molar-refractivity contribution < 1.29 is 28.9 Å². The molecule has 0 bridgehead atoms. The van der Waals surface area contributed by atoms with Crippen molar-refractivity contribution >= 4 is 46.4 Å². The van der Waals surface area contributed by atoms with Gasteiger partial charge in [-0.2, -0.15) is 0 Å². The highest BCUT2D eigenvalue weighted by molar-refractivity contribution is 8.18. The highest BCUT2D eigenvalue weighted by Crippen LogP contribution is 2.40. The summed E-state index contributed by atoms with van der Waals surface area (Å²) >= 11 is 6.99. The Morgan fingerprint density at radius 3 is 2.44 bits per heavy atom. The summed E-state index contributed by atoms with van der Waals surface area (Å²) in [5.74, 6) is -0.272. The van der Waals surface area contributed by atoms with Gasteiger partial charge in [0.1, 0.15) is 23.0 Å². The zero-order valence-corrected chi connectivity index (χ0v) is 21.9. The zero-order chi connectivity index (χ0) is 26.1.